The molecule has 0 fully saturated rings. The molecule has 19 aromatic rings. The van der Waals surface area contributed by atoms with Crippen molar-refractivity contribution in [1.82, 2.24) is 39.0 Å². The lowest BCUT2D eigenvalue weighted by Crippen LogP contribution is -2.05. The first-order chi connectivity index (χ1) is 59.1. The van der Waals surface area contributed by atoms with Gasteiger partial charge in [-0.15, -0.1) is 0 Å². The quantitative estimate of drug-likeness (QED) is 0.0932. The lowest BCUT2D eigenvalue weighted by Gasteiger charge is -2.21. The monoisotopic (exact) mass is 1530 g/mol. The highest BCUT2D eigenvalue weighted by molar-refractivity contribution is 6.15. The highest BCUT2D eigenvalue weighted by Gasteiger charge is 2.28. The number of nitrogens with zero attached hydrogens (tertiary/aromatic N) is 16. The maximum Gasteiger partial charge on any atom is 0.196 e. The third-order valence-electron chi connectivity index (χ3n) is 21.7. The minimum Gasteiger partial charge on any atom is -0.309 e. The van der Waals surface area contributed by atoms with E-state index in [1.54, 1.807) is 54.6 Å². The van der Waals surface area contributed by atoms with Crippen molar-refractivity contribution in [3.05, 3.63) is 390 Å². The zero-order valence-corrected chi connectivity index (χ0v) is 63.3. The molecule has 120 heavy (non-hydrogen) atoms. The highest BCUT2D eigenvalue weighted by Crippen LogP contribution is 2.49. The summed E-state index contributed by atoms with van der Waals surface area (Å²) in [7, 11) is 0. The Balaban J connectivity index is 0.925. The molecule has 0 unspecified atom stereocenters. The standard InChI is InChI=1S/C104H54N16/c1-110-78-39-43-81(76(52-78)61-108)70-36-46-92-87(55-70)86-54-69(80-41-33-63(58-105)49-75(80)60-107)35-45-91(86)119(92)95-31-17-29-84(103-115-99(65-19-8-4-9-20-65)113-100(116-103)66-21-10-5-11-22-66)97(95)73-27-16-28-74(51-73)98-85(104-117-101(67-23-12-6-13-24-67)114-102(118-104)68-25-14-7-15-26-68)30-18-32-96(98)120-93-47-37-71(82-44-40-79(111-2)53-77(82)62-109)56-88(93)89-57-72(38-48-94(89)120)83-42-34-64(59-106)50-90(83)112-3/h4-57H. The van der Waals surface area contributed by atoms with Crippen LogP contribution in [0.4, 0.5) is 17.1 Å². The molecule has 0 amide bonds. The number of fused-ring (bicyclic) bond motifs is 6. The normalized spacial score (nSPS) is 10.9. The summed E-state index contributed by atoms with van der Waals surface area (Å²) in [5.74, 6) is 2.53. The molecule has 16 heteroatoms. The van der Waals surface area contributed by atoms with Crippen LogP contribution in [-0.4, -0.2) is 39.0 Å². The second-order valence-electron chi connectivity index (χ2n) is 28.5. The van der Waals surface area contributed by atoms with E-state index >= 15 is 0 Å². The Bertz CT molecular complexity index is 7040. The fourth-order valence-electron chi connectivity index (χ4n) is 16.1. The largest absolute Gasteiger partial charge is 0.309 e. The van der Waals surface area contributed by atoms with Crippen molar-refractivity contribution in [2.75, 3.05) is 0 Å². The van der Waals surface area contributed by atoms with Gasteiger partial charge < -0.3 is 9.13 Å². The first-order valence-corrected chi connectivity index (χ1v) is 38.1. The highest BCUT2D eigenvalue weighted by atomic mass is 15.1. The lowest BCUT2D eigenvalue weighted by atomic mass is 9.91. The van der Waals surface area contributed by atoms with Gasteiger partial charge in [-0.25, -0.2) is 44.4 Å². The Morgan fingerprint density at radius 2 is 0.550 bits per heavy atom. The third-order valence-corrected chi connectivity index (χ3v) is 21.7. The second-order valence-corrected chi connectivity index (χ2v) is 28.5. The lowest BCUT2D eigenvalue weighted by molar-refractivity contribution is 1.07. The maximum atomic E-state index is 10.7. The zero-order valence-electron chi connectivity index (χ0n) is 63.3. The molecule has 550 valence electrons. The molecule has 0 bridgehead atoms. The molecule has 0 aliphatic carbocycles. The van der Waals surface area contributed by atoms with Crippen LogP contribution in [0.1, 0.15) is 27.8 Å². The first kappa shape index (κ1) is 72.1. The van der Waals surface area contributed by atoms with Gasteiger partial charge in [0.15, 0.2) is 52.0 Å². The fraction of sp³-hybridized carbons (Fsp3) is 0. The molecule has 0 atom stereocenters. The van der Waals surface area contributed by atoms with Gasteiger partial charge in [-0.05, 0) is 159 Å². The van der Waals surface area contributed by atoms with Gasteiger partial charge in [-0.1, -0.05) is 224 Å². The van der Waals surface area contributed by atoms with E-state index in [2.05, 4.69) is 133 Å². The van der Waals surface area contributed by atoms with Gasteiger partial charge in [0.25, 0.3) is 0 Å². The Kier molecular flexibility index (Phi) is 18.3. The topological polar surface area (TPSA) is 219 Å². The summed E-state index contributed by atoms with van der Waals surface area (Å²) >= 11 is 0. The van der Waals surface area contributed by atoms with E-state index in [4.69, 9.17) is 49.6 Å². The SMILES string of the molecule is [C-]#[N+]c1ccc(-c2ccc3c(c2)c2cc(-c4ccc(C#N)cc4C#N)ccc2n3-c2cccc(-c3nc(-c4ccccc4)nc(-c4ccccc4)n3)c2-c2cccc(-c3c(-c4nc(-c5ccccc5)nc(-c5ccccc5)n4)cccc3-n3c4ccc(-c5ccc([N+]#[C-])cc5C#N)cc4c4cc(-c5ccc(C#N)cc5[N+]#[C-])ccc43)c2)c(C#N)c1. The van der Waals surface area contributed by atoms with E-state index < -0.39 is 0 Å². The molecule has 0 N–H and O–H groups in total. The Morgan fingerprint density at radius 1 is 0.233 bits per heavy atom. The smallest absolute Gasteiger partial charge is 0.196 e. The molecule has 0 saturated heterocycles. The molecule has 15 aromatic carbocycles. The maximum absolute atomic E-state index is 10.7. The van der Waals surface area contributed by atoms with Crippen molar-refractivity contribution in [3.8, 4) is 177 Å². The fourth-order valence-corrected chi connectivity index (χ4v) is 16.1. The van der Waals surface area contributed by atoms with Crippen LogP contribution in [-0.2, 0) is 0 Å². The van der Waals surface area contributed by atoms with E-state index in [-0.39, 0.29) is 0 Å². The number of nitriles is 5. The van der Waals surface area contributed by atoms with Gasteiger partial charge in [0.2, 0.25) is 0 Å². The Morgan fingerprint density at radius 3 is 0.900 bits per heavy atom. The molecule has 4 aromatic heterocycles. The Hall–Kier alpha value is -18.2. The van der Waals surface area contributed by atoms with Crippen molar-refractivity contribution >= 4 is 60.7 Å². The third kappa shape index (κ3) is 12.8. The van der Waals surface area contributed by atoms with Crippen molar-refractivity contribution in [1.29, 1.82) is 26.3 Å². The molecule has 0 aliphatic heterocycles. The number of rotatable bonds is 14. The predicted molar refractivity (Wildman–Crippen MR) is 469 cm³/mol. The van der Waals surface area contributed by atoms with E-state index in [1.807, 2.05) is 194 Å². The first-order valence-electron chi connectivity index (χ1n) is 38.1. The van der Waals surface area contributed by atoms with Crippen molar-refractivity contribution in [2.45, 2.75) is 0 Å². The molecule has 4 heterocycles. The van der Waals surface area contributed by atoms with Gasteiger partial charge >= 0.3 is 0 Å². The van der Waals surface area contributed by atoms with Crippen LogP contribution in [0.2, 0.25) is 0 Å². The van der Waals surface area contributed by atoms with E-state index in [1.165, 1.54) is 0 Å². The minimum atomic E-state index is 0.314. The van der Waals surface area contributed by atoms with E-state index in [0.717, 1.165) is 111 Å². The molecule has 0 aliphatic rings. The van der Waals surface area contributed by atoms with Gasteiger partial charge in [0.05, 0.1) is 94.6 Å². The number of benzene rings is 15. The molecular weight excluding hydrogens is 1470 g/mol. The summed E-state index contributed by atoms with van der Waals surface area (Å²) in [6, 6.07) is 116. The summed E-state index contributed by atoms with van der Waals surface area (Å²) in [6.07, 6.45) is 0. The number of hydrogen-bond donors (Lipinski definition) is 0. The van der Waals surface area contributed by atoms with Crippen LogP contribution < -0.4 is 0 Å². The number of aromatic nitrogens is 8. The van der Waals surface area contributed by atoms with Gasteiger partial charge in [-0.2, -0.15) is 26.3 Å². The van der Waals surface area contributed by atoms with Crippen LogP contribution in [0, 0.1) is 76.4 Å². The second kappa shape index (κ2) is 30.4. The molecule has 0 spiro atoms. The molecule has 19 rings (SSSR count). The van der Waals surface area contributed by atoms with E-state index in [9.17, 15) is 26.3 Å². The average molecular weight is 1530 g/mol. The summed E-state index contributed by atoms with van der Waals surface area (Å²) in [5.41, 5.74) is 20.0. The molecule has 0 radical (unpaired) electrons. The average Bonchev–Trinajstić information content (AvgIpc) is 1.56. The van der Waals surface area contributed by atoms with Crippen LogP contribution in [0.25, 0.3) is 205 Å². The van der Waals surface area contributed by atoms with Gasteiger partial charge in [0, 0.05) is 82.7 Å². The van der Waals surface area contributed by atoms with E-state index in [0.29, 0.717) is 124 Å². The molecule has 16 nitrogen and oxygen atoms in total. The molecular formula is C104H54N16. The van der Waals surface area contributed by atoms with Crippen LogP contribution in [0.5, 0.6) is 0 Å². The minimum absolute atomic E-state index is 0.314. The summed E-state index contributed by atoms with van der Waals surface area (Å²) in [5, 5.41) is 55.4. The van der Waals surface area contributed by atoms with Crippen LogP contribution in [0.3, 0.4) is 0 Å². The van der Waals surface area contributed by atoms with Crippen molar-refractivity contribution in [2.24, 2.45) is 0 Å². The van der Waals surface area contributed by atoms with Crippen LogP contribution in [0.15, 0.2) is 328 Å². The summed E-state index contributed by atoms with van der Waals surface area (Å²) < 4.78 is 4.47. The van der Waals surface area contributed by atoms with Crippen molar-refractivity contribution < 1.29 is 0 Å². The van der Waals surface area contributed by atoms with Gasteiger partial charge in [-0.3, -0.25) is 0 Å². The number of hydrogen-bond acceptors (Lipinski definition) is 11. The van der Waals surface area contributed by atoms with Crippen LogP contribution >= 0.6 is 0 Å². The van der Waals surface area contributed by atoms with Gasteiger partial charge in [0.1, 0.15) is 0 Å². The summed E-state index contributed by atoms with van der Waals surface area (Å²) in [4.78, 5) is 43.5. The summed E-state index contributed by atoms with van der Waals surface area (Å²) in [6.45, 7) is 24.1. The Labute approximate surface area is 688 Å². The zero-order chi connectivity index (χ0) is 81.5. The molecule has 0 saturated carbocycles. The van der Waals surface area contributed by atoms with Crippen molar-refractivity contribution in [3.63, 3.8) is 0 Å². The predicted octanol–water partition coefficient (Wildman–Crippen LogP) is 25.3.